The number of aromatic nitrogens is 3. The van der Waals surface area contributed by atoms with Crippen molar-refractivity contribution in [1.29, 1.82) is 0 Å². The molecule has 39 heavy (non-hydrogen) atoms. The Morgan fingerprint density at radius 2 is 1.82 bits per heavy atom. The second-order valence-corrected chi connectivity index (χ2v) is 11.1. The van der Waals surface area contributed by atoms with Crippen LogP contribution in [0.15, 0.2) is 30.6 Å². The van der Waals surface area contributed by atoms with Gasteiger partial charge >= 0.3 is 0 Å². The van der Waals surface area contributed by atoms with Gasteiger partial charge in [0, 0.05) is 31.0 Å². The minimum absolute atomic E-state index is 0.00147. The number of hydrogen-bond acceptors (Lipinski definition) is 5. The van der Waals surface area contributed by atoms with E-state index in [-0.39, 0.29) is 11.8 Å². The molecule has 1 aliphatic heterocycles. The Morgan fingerprint density at radius 3 is 2.44 bits per heavy atom. The fourth-order valence-corrected chi connectivity index (χ4v) is 4.70. The normalized spacial score (nSPS) is 13.7. The van der Waals surface area contributed by atoms with Gasteiger partial charge in [0.1, 0.15) is 17.0 Å². The van der Waals surface area contributed by atoms with Gasteiger partial charge in [-0.25, -0.2) is 14.4 Å². The Balaban J connectivity index is 1.74. The first-order valence-electron chi connectivity index (χ1n) is 14.0. The van der Waals surface area contributed by atoms with Crippen LogP contribution in [0.25, 0.3) is 16.9 Å². The number of nitrogens with zero attached hydrogens (tertiary/aromatic N) is 5. The molecule has 4 rings (SSSR count). The molecule has 0 aliphatic carbocycles. The number of imidazole rings is 1. The van der Waals surface area contributed by atoms with Crippen molar-refractivity contribution in [3.05, 3.63) is 47.7 Å². The first-order chi connectivity index (χ1) is 18.8. The lowest BCUT2D eigenvalue weighted by molar-refractivity contribution is 0.0740. The Labute approximate surface area is 231 Å². The van der Waals surface area contributed by atoms with E-state index < -0.39 is 5.82 Å². The number of hydrogen-bond donors (Lipinski definition) is 0. The highest BCUT2D eigenvalue weighted by atomic mass is 19.1. The van der Waals surface area contributed by atoms with Gasteiger partial charge in [-0.2, -0.15) is 0 Å². The van der Waals surface area contributed by atoms with Crippen LogP contribution < -0.4 is 4.74 Å². The summed E-state index contributed by atoms with van der Waals surface area (Å²) >= 11 is 0. The Kier molecular flexibility index (Phi) is 9.58. The van der Waals surface area contributed by atoms with Crippen LogP contribution in [0.5, 0.6) is 5.88 Å². The van der Waals surface area contributed by atoms with Crippen molar-refractivity contribution in [2.75, 3.05) is 39.8 Å². The number of likely N-dealkylation sites (tertiary alicyclic amines) is 1. The van der Waals surface area contributed by atoms with Gasteiger partial charge in [-0.1, -0.05) is 33.6 Å². The van der Waals surface area contributed by atoms with E-state index in [1.54, 1.807) is 6.20 Å². The summed E-state index contributed by atoms with van der Waals surface area (Å²) in [5.41, 5.74) is 2.87. The Hall–Kier alpha value is -3.44. The minimum Gasteiger partial charge on any atom is -0.479 e. The third-order valence-electron chi connectivity index (χ3n) is 7.09. The number of pyridine rings is 2. The maximum absolute atomic E-state index is 14.6. The lowest BCUT2D eigenvalue weighted by Crippen LogP contribution is -2.34. The van der Waals surface area contributed by atoms with Gasteiger partial charge in [0.2, 0.25) is 5.88 Å². The number of carbonyl (C=O) groups excluding carboxylic acids is 1. The highest BCUT2D eigenvalue weighted by Gasteiger charge is 2.20. The average Bonchev–Trinajstić information content (AvgIpc) is 3.56. The molecule has 0 aromatic carbocycles. The summed E-state index contributed by atoms with van der Waals surface area (Å²) in [6.07, 6.45) is 7.64. The van der Waals surface area contributed by atoms with Crippen LogP contribution in [0.2, 0.25) is 0 Å². The van der Waals surface area contributed by atoms with Gasteiger partial charge in [-0.3, -0.25) is 14.1 Å². The SMILES string of the molecule is COc1ncc(-c2nc3ccc(C(=O)N(CCC(C)C)CCC(C)C)cn3c2C#CCN2CCCC2)cc1F. The number of rotatable bonds is 10. The first kappa shape index (κ1) is 28.6. The van der Waals surface area contributed by atoms with Gasteiger partial charge in [0.15, 0.2) is 5.82 Å². The van der Waals surface area contributed by atoms with Crippen molar-refractivity contribution in [2.45, 2.75) is 53.4 Å². The molecule has 4 heterocycles. The molecule has 3 aromatic heterocycles. The summed E-state index contributed by atoms with van der Waals surface area (Å²) in [6.45, 7) is 12.9. The molecule has 0 unspecified atom stereocenters. The smallest absolute Gasteiger partial charge is 0.255 e. The molecule has 1 fully saturated rings. The average molecular weight is 534 g/mol. The van der Waals surface area contributed by atoms with Gasteiger partial charge in [0.05, 0.1) is 19.2 Å². The number of ether oxygens (including phenoxy) is 1. The zero-order chi connectivity index (χ0) is 27.9. The van der Waals surface area contributed by atoms with E-state index in [9.17, 15) is 9.18 Å². The molecule has 208 valence electrons. The summed E-state index contributed by atoms with van der Waals surface area (Å²) in [7, 11) is 1.38. The Morgan fingerprint density at radius 1 is 1.13 bits per heavy atom. The molecule has 8 heteroatoms. The zero-order valence-corrected chi connectivity index (χ0v) is 23.8. The molecule has 0 N–H and O–H groups in total. The van der Waals surface area contributed by atoms with Crippen molar-refractivity contribution in [1.82, 2.24) is 24.2 Å². The standard InChI is InChI=1S/C31H40FN5O2/c1-22(2)12-17-36(18-13-23(3)4)31(38)24-10-11-28-34-29(25-19-26(32)30(39-5)33-20-25)27(37(28)21-24)9-8-16-35-14-6-7-15-35/h10-11,19-23H,6-7,12-18H2,1-5H3. The molecule has 0 bridgehead atoms. The van der Waals surface area contributed by atoms with Crippen LogP contribution in [-0.2, 0) is 0 Å². The third-order valence-corrected chi connectivity index (χ3v) is 7.09. The van der Waals surface area contributed by atoms with E-state index in [1.165, 1.54) is 26.0 Å². The minimum atomic E-state index is -0.565. The monoisotopic (exact) mass is 533 g/mol. The zero-order valence-electron chi connectivity index (χ0n) is 23.8. The van der Waals surface area contributed by atoms with Crippen LogP contribution in [0, 0.1) is 29.5 Å². The van der Waals surface area contributed by atoms with E-state index in [0.29, 0.717) is 46.5 Å². The molecule has 1 amide bonds. The lowest BCUT2D eigenvalue weighted by atomic mass is 10.1. The molecular weight excluding hydrogens is 493 g/mol. The largest absolute Gasteiger partial charge is 0.479 e. The summed E-state index contributed by atoms with van der Waals surface area (Å²) in [5.74, 6) is 6.96. The summed E-state index contributed by atoms with van der Waals surface area (Å²) in [5, 5.41) is 0. The van der Waals surface area contributed by atoms with Crippen LogP contribution in [0.3, 0.4) is 0 Å². The Bertz CT molecular complexity index is 1340. The van der Waals surface area contributed by atoms with Crippen molar-refractivity contribution in [2.24, 2.45) is 11.8 Å². The van der Waals surface area contributed by atoms with Gasteiger partial charge in [-0.05, 0) is 74.7 Å². The highest BCUT2D eigenvalue weighted by Crippen LogP contribution is 2.27. The van der Waals surface area contributed by atoms with E-state index in [4.69, 9.17) is 9.72 Å². The second-order valence-electron chi connectivity index (χ2n) is 11.1. The number of fused-ring (bicyclic) bond motifs is 1. The van der Waals surface area contributed by atoms with Crippen molar-refractivity contribution in [3.63, 3.8) is 0 Å². The summed E-state index contributed by atoms with van der Waals surface area (Å²) in [6, 6.07) is 5.02. The van der Waals surface area contributed by atoms with Crippen LogP contribution in [-0.4, -0.2) is 69.9 Å². The van der Waals surface area contributed by atoms with Crippen molar-refractivity contribution < 1.29 is 13.9 Å². The predicted molar refractivity (Wildman–Crippen MR) is 152 cm³/mol. The third kappa shape index (κ3) is 7.15. The predicted octanol–water partition coefficient (Wildman–Crippen LogP) is 5.53. The fourth-order valence-electron chi connectivity index (χ4n) is 4.70. The molecule has 0 spiro atoms. The second kappa shape index (κ2) is 13.1. The molecule has 3 aromatic rings. The molecular formula is C31H40FN5O2. The van der Waals surface area contributed by atoms with Crippen LogP contribution in [0.4, 0.5) is 4.39 Å². The quantitative estimate of drug-likeness (QED) is 0.321. The fraction of sp³-hybridized carbons (Fsp3) is 0.516. The first-order valence-corrected chi connectivity index (χ1v) is 14.0. The molecule has 0 atom stereocenters. The van der Waals surface area contributed by atoms with E-state index in [0.717, 1.165) is 39.0 Å². The summed E-state index contributed by atoms with van der Waals surface area (Å²) in [4.78, 5) is 26.8. The lowest BCUT2D eigenvalue weighted by Gasteiger charge is -2.24. The van der Waals surface area contributed by atoms with Crippen molar-refractivity contribution in [3.8, 4) is 29.0 Å². The van der Waals surface area contributed by atoms with Gasteiger partial charge in [-0.15, -0.1) is 0 Å². The van der Waals surface area contributed by atoms with Crippen LogP contribution in [0.1, 0.15) is 69.4 Å². The molecule has 1 aliphatic rings. The number of halogens is 1. The van der Waals surface area contributed by atoms with Crippen molar-refractivity contribution >= 4 is 11.6 Å². The molecule has 0 saturated carbocycles. The molecule has 7 nitrogen and oxygen atoms in total. The van der Waals surface area contributed by atoms with Crippen LogP contribution >= 0.6 is 0 Å². The van der Waals surface area contributed by atoms with Gasteiger partial charge < -0.3 is 9.64 Å². The molecule has 1 saturated heterocycles. The van der Waals surface area contributed by atoms with Gasteiger partial charge in [0.25, 0.3) is 5.91 Å². The number of amides is 1. The van der Waals surface area contributed by atoms with E-state index in [2.05, 4.69) is 49.4 Å². The highest BCUT2D eigenvalue weighted by molar-refractivity contribution is 5.94. The van der Waals surface area contributed by atoms with E-state index >= 15 is 0 Å². The number of carbonyl (C=O) groups is 1. The summed E-state index contributed by atoms with van der Waals surface area (Å²) < 4.78 is 21.4. The maximum Gasteiger partial charge on any atom is 0.255 e. The number of methoxy groups -OCH3 is 1. The van der Waals surface area contributed by atoms with E-state index in [1.807, 2.05) is 27.6 Å². The maximum atomic E-state index is 14.6. The topological polar surface area (TPSA) is 63.0 Å². The molecule has 0 radical (unpaired) electrons.